The van der Waals surface area contributed by atoms with Gasteiger partial charge < -0.3 is 15.0 Å². The van der Waals surface area contributed by atoms with Gasteiger partial charge in [0.1, 0.15) is 10.6 Å². The first-order valence-electron chi connectivity index (χ1n) is 9.00. The third kappa shape index (κ3) is 4.89. The van der Waals surface area contributed by atoms with E-state index in [1.807, 2.05) is 41.3 Å². The van der Waals surface area contributed by atoms with Crippen LogP contribution in [0.5, 0.6) is 5.75 Å². The minimum absolute atomic E-state index is 0.0443. The molecular weight excluding hydrogens is 360 g/mol. The summed E-state index contributed by atoms with van der Waals surface area (Å²) in [6.07, 6.45) is 8.45. The lowest BCUT2D eigenvalue weighted by atomic mass is 10.1. The maximum Gasteiger partial charge on any atom is 0.265 e. The summed E-state index contributed by atoms with van der Waals surface area (Å²) < 4.78 is 5.76. The second-order valence-corrected chi connectivity index (χ2v) is 7.34. The van der Waals surface area contributed by atoms with Crippen molar-refractivity contribution in [3.63, 3.8) is 0 Å². The van der Waals surface area contributed by atoms with Gasteiger partial charge in [0.05, 0.1) is 6.54 Å². The number of piperidine rings is 1. The lowest BCUT2D eigenvalue weighted by Crippen LogP contribution is -2.38. The smallest absolute Gasteiger partial charge is 0.265 e. The molecule has 3 rings (SSSR count). The zero-order valence-electron chi connectivity index (χ0n) is 15.1. The highest BCUT2D eigenvalue weighted by atomic mass is 32.1. The van der Waals surface area contributed by atoms with Gasteiger partial charge in [-0.2, -0.15) is 0 Å². The van der Waals surface area contributed by atoms with Crippen molar-refractivity contribution in [2.75, 3.05) is 26.2 Å². The minimum atomic E-state index is -0.291. The Bertz CT molecular complexity index is 833. The summed E-state index contributed by atoms with van der Waals surface area (Å²) in [7, 11) is 0. The van der Waals surface area contributed by atoms with Gasteiger partial charge in [-0.1, -0.05) is 36.3 Å². The van der Waals surface area contributed by atoms with Crippen LogP contribution in [-0.2, 0) is 4.79 Å². The van der Waals surface area contributed by atoms with E-state index in [1.54, 1.807) is 0 Å². The van der Waals surface area contributed by atoms with Crippen molar-refractivity contribution < 1.29 is 14.3 Å². The first kappa shape index (κ1) is 19.0. The lowest BCUT2D eigenvalue weighted by molar-refractivity contribution is -0.134. The first-order valence-corrected chi connectivity index (χ1v) is 9.82. The number of benzene rings is 1. The quantitative estimate of drug-likeness (QED) is 0.781. The molecule has 2 aromatic rings. The third-order valence-corrected chi connectivity index (χ3v) is 5.54. The molecule has 5 nitrogen and oxygen atoms in total. The van der Waals surface area contributed by atoms with Crippen molar-refractivity contribution in [3.8, 4) is 28.5 Å². The van der Waals surface area contributed by atoms with Gasteiger partial charge in [0.25, 0.3) is 11.8 Å². The Kier molecular flexibility index (Phi) is 6.50. The number of likely N-dealkylation sites (tertiary alicyclic amines) is 1. The molecule has 0 atom stereocenters. The molecule has 27 heavy (non-hydrogen) atoms. The third-order valence-electron chi connectivity index (χ3n) is 4.37. The fourth-order valence-electron chi connectivity index (χ4n) is 2.97. The molecule has 0 radical (unpaired) electrons. The van der Waals surface area contributed by atoms with E-state index in [9.17, 15) is 9.59 Å². The normalized spacial score (nSPS) is 13.7. The molecule has 1 saturated heterocycles. The van der Waals surface area contributed by atoms with Gasteiger partial charge in [-0.3, -0.25) is 9.59 Å². The lowest BCUT2D eigenvalue weighted by Gasteiger charge is -2.26. The number of carbonyl (C=O) groups excluding carboxylic acids is 2. The summed E-state index contributed by atoms with van der Waals surface area (Å²) in [4.78, 5) is 28.0. The Morgan fingerprint density at radius 2 is 1.93 bits per heavy atom. The number of carbonyl (C=O) groups is 2. The molecule has 0 unspecified atom stereocenters. The fourth-order valence-corrected chi connectivity index (χ4v) is 3.99. The number of amides is 2. The zero-order chi connectivity index (χ0) is 19.1. The zero-order valence-corrected chi connectivity index (χ0v) is 15.9. The van der Waals surface area contributed by atoms with Crippen molar-refractivity contribution >= 4 is 23.2 Å². The van der Waals surface area contributed by atoms with E-state index in [-0.39, 0.29) is 25.0 Å². The highest BCUT2D eigenvalue weighted by molar-refractivity contribution is 7.17. The van der Waals surface area contributed by atoms with Gasteiger partial charge in [-0.05, 0) is 30.9 Å². The van der Waals surface area contributed by atoms with Gasteiger partial charge in [0, 0.05) is 18.0 Å². The molecule has 0 aliphatic carbocycles. The average Bonchev–Trinajstić information content (AvgIpc) is 3.16. The molecule has 6 heteroatoms. The van der Waals surface area contributed by atoms with E-state index in [1.165, 1.54) is 11.3 Å². The van der Waals surface area contributed by atoms with Gasteiger partial charge in [0.2, 0.25) is 0 Å². The fraction of sp³-hybridized carbons (Fsp3) is 0.333. The number of ether oxygens (including phenoxy) is 1. The van der Waals surface area contributed by atoms with Gasteiger partial charge in [-0.25, -0.2) is 0 Å². The van der Waals surface area contributed by atoms with Crippen LogP contribution in [0, 0.1) is 12.3 Å². The van der Waals surface area contributed by atoms with Crippen molar-refractivity contribution in [1.29, 1.82) is 0 Å². The van der Waals surface area contributed by atoms with E-state index >= 15 is 0 Å². The molecule has 2 heterocycles. The second-order valence-electron chi connectivity index (χ2n) is 6.29. The Hall–Kier alpha value is -2.78. The summed E-state index contributed by atoms with van der Waals surface area (Å²) in [5.41, 5.74) is 0.991. The van der Waals surface area contributed by atoms with Crippen molar-refractivity contribution in [2.24, 2.45) is 0 Å². The van der Waals surface area contributed by atoms with Crippen LogP contribution >= 0.6 is 11.3 Å². The maximum absolute atomic E-state index is 12.4. The van der Waals surface area contributed by atoms with Crippen LogP contribution in [-0.4, -0.2) is 43.0 Å². The molecule has 1 aromatic carbocycles. The topological polar surface area (TPSA) is 58.6 Å². The number of terminal acetylenes is 1. The van der Waals surface area contributed by atoms with Crippen LogP contribution in [0.25, 0.3) is 10.4 Å². The summed E-state index contributed by atoms with van der Waals surface area (Å²) in [5, 5.41) is 2.66. The van der Waals surface area contributed by atoms with Gasteiger partial charge in [0.15, 0.2) is 6.61 Å². The Morgan fingerprint density at radius 3 is 2.63 bits per heavy atom. The highest BCUT2D eigenvalue weighted by Gasteiger charge is 2.21. The molecule has 2 amide bonds. The SMILES string of the molecule is C#CCNC(=O)c1sc(-c2ccccc2)cc1OCC(=O)N1CCCCC1. The highest BCUT2D eigenvalue weighted by Crippen LogP contribution is 2.36. The van der Waals surface area contributed by atoms with E-state index in [0.717, 1.165) is 42.8 Å². The van der Waals surface area contributed by atoms with Crippen molar-refractivity contribution in [3.05, 3.63) is 41.3 Å². The van der Waals surface area contributed by atoms with Crippen LogP contribution in [0.1, 0.15) is 28.9 Å². The monoisotopic (exact) mass is 382 g/mol. The van der Waals surface area contributed by atoms with E-state index < -0.39 is 0 Å². The molecule has 0 bridgehead atoms. The van der Waals surface area contributed by atoms with Crippen LogP contribution in [0.2, 0.25) is 0 Å². The van der Waals surface area contributed by atoms with Crippen molar-refractivity contribution in [1.82, 2.24) is 10.2 Å². The molecule has 1 aliphatic rings. The molecule has 1 aromatic heterocycles. The van der Waals surface area contributed by atoms with Crippen LogP contribution < -0.4 is 10.1 Å². The Labute approximate surface area is 163 Å². The molecular formula is C21H22N2O3S. The summed E-state index contributed by atoms with van der Waals surface area (Å²) in [6, 6.07) is 11.6. The van der Waals surface area contributed by atoms with Gasteiger partial charge in [-0.15, -0.1) is 17.8 Å². The second kappa shape index (κ2) is 9.24. The van der Waals surface area contributed by atoms with Crippen LogP contribution in [0.4, 0.5) is 0 Å². The first-order chi connectivity index (χ1) is 13.2. The Balaban J connectivity index is 1.77. The number of nitrogens with one attached hydrogen (secondary N) is 1. The van der Waals surface area contributed by atoms with Crippen molar-refractivity contribution in [2.45, 2.75) is 19.3 Å². The minimum Gasteiger partial charge on any atom is -0.482 e. The molecule has 0 saturated carbocycles. The Morgan fingerprint density at radius 1 is 1.19 bits per heavy atom. The molecule has 1 N–H and O–H groups in total. The molecule has 140 valence electrons. The largest absolute Gasteiger partial charge is 0.482 e. The predicted molar refractivity (Wildman–Crippen MR) is 107 cm³/mol. The number of hydrogen-bond acceptors (Lipinski definition) is 4. The van der Waals surface area contributed by atoms with Gasteiger partial charge >= 0.3 is 0 Å². The number of thiophene rings is 1. The number of nitrogens with zero attached hydrogens (tertiary/aromatic N) is 1. The standard InChI is InChI=1S/C21H22N2O3S/c1-2-11-22-21(25)20-17(14-18(27-20)16-9-5-3-6-10-16)26-15-19(24)23-12-7-4-8-13-23/h1,3,5-6,9-10,14H,4,7-8,11-13,15H2,(H,22,25). The number of rotatable bonds is 6. The number of hydrogen-bond donors (Lipinski definition) is 1. The van der Waals surface area contributed by atoms with E-state index in [2.05, 4.69) is 11.2 Å². The van der Waals surface area contributed by atoms with Crippen LogP contribution in [0.15, 0.2) is 36.4 Å². The summed E-state index contributed by atoms with van der Waals surface area (Å²) in [5.74, 6) is 2.47. The average molecular weight is 382 g/mol. The summed E-state index contributed by atoms with van der Waals surface area (Å²) in [6.45, 7) is 1.62. The molecule has 0 spiro atoms. The van der Waals surface area contributed by atoms with Crippen LogP contribution in [0.3, 0.4) is 0 Å². The van der Waals surface area contributed by atoms with E-state index in [0.29, 0.717) is 10.6 Å². The predicted octanol–water partition coefficient (Wildman–Crippen LogP) is 3.17. The molecule has 1 aliphatic heterocycles. The van der Waals surface area contributed by atoms with E-state index in [4.69, 9.17) is 11.2 Å². The molecule has 1 fully saturated rings. The summed E-state index contributed by atoms with van der Waals surface area (Å²) >= 11 is 1.33. The maximum atomic E-state index is 12.4.